The van der Waals surface area contributed by atoms with E-state index in [2.05, 4.69) is 4.90 Å². The van der Waals surface area contributed by atoms with E-state index in [1.807, 2.05) is 0 Å². The second kappa shape index (κ2) is 5.41. The molecule has 290 valence electrons. The minimum Gasteiger partial charge on any atom is -0.382 e. The Morgan fingerprint density at radius 1 is 0.290 bits per heavy atom. The van der Waals surface area contributed by atoms with Crippen molar-refractivity contribution in [3.05, 3.63) is 33.4 Å². The topological polar surface area (TPSA) is 24.8 Å². The van der Waals surface area contributed by atoms with Gasteiger partial charge in [0.05, 0.1) is 16.5 Å². The van der Waals surface area contributed by atoms with Crippen LogP contribution in [0.3, 0.4) is 0 Å². The van der Waals surface area contributed by atoms with Crippen molar-refractivity contribution in [2.45, 2.75) is 34.7 Å². The van der Waals surface area contributed by atoms with Crippen molar-refractivity contribution in [3.8, 4) is 0 Å². The maximum atomic E-state index is 8.34. The lowest BCUT2D eigenvalue weighted by molar-refractivity contribution is -0.125. The summed E-state index contributed by atoms with van der Waals surface area (Å²) in [5, 5.41) is 89.1. The Hall–Kier alpha value is -7.85. The van der Waals surface area contributed by atoms with Gasteiger partial charge in [0.1, 0.15) is 5.41 Å². The van der Waals surface area contributed by atoms with Crippen molar-refractivity contribution >= 4 is 275 Å². The van der Waals surface area contributed by atoms with E-state index in [-0.39, 0.29) is 10.8 Å². The predicted octanol–water partition coefficient (Wildman–Crippen LogP) is 15.6. The molecule has 0 N–H and O–H groups in total. The van der Waals surface area contributed by atoms with Crippen molar-refractivity contribution in [3.63, 3.8) is 0 Å². The van der Waals surface area contributed by atoms with Crippen molar-refractivity contribution in [2.24, 2.45) is 5.16 Å². The molecule has 5 unspecified atom stereocenters. The fraction of sp³-hybridized carbons (Fsp3) is 0.136. The lowest BCUT2D eigenvalue weighted by Gasteiger charge is -2.62. The predicted molar refractivity (Wildman–Crippen MR) is 283 cm³/mol. The van der Waals surface area contributed by atoms with Gasteiger partial charge < -0.3 is 9.74 Å². The van der Waals surface area contributed by atoms with Gasteiger partial charge in [0.2, 0.25) is 0 Å². The summed E-state index contributed by atoms with van der Waals surface area (Å²) in [7, 11) is 0. The summed E-state index contributed by atoms with van der Waals surface area (Å²) in [5.41, 5.74) is 10.0. The number of oxime groups is 1. The third kappa shape index (κ3) is 1.23. The minimum atomic E-state index is -0.662. The van der Waals surface area contributed by atoms with Crippen LogP contribution in [0.1, 0.15) is 46.2 Å². The van der Waals surface area contributed by atoms with Gasteiger partial charge in [0.15, 0.2) is 5.60 Å². The second-order valence-electron chi connectivity index (χ2n) is 26.7. The Balaban J connectivity index is 1.21. The van der Waals surface area contributed by atoms with E-state index >= 15 is 0 Å². The molecule has 0 radical (unpaired) electrons. The summed E-state index contributed by atoms with van der Waals surface area (Å²) in [6.45, 7) is 3.31. The van der Waals surface area contributed by atoms with E-state index in [0.29, 0.717) is 0 Å². The average molecular weight is 847 g/mol. The molecule has 69 heavy (non-hydrogen) atoms. The first kappa shape index (κ1) is 25.0. The molecule has 5 atom stereocenters. The molecule has 5 bridgehead atoms. The third-order valence-electron chi connectivity index (χ3n) is 27.0. The number of rotatable bonds is 0. The maximum Gasteiger partial charge on any atom is 0.195 e. The molecule has 3 nitrogen and oxygen atoms in total. The fourth-order valence-electron chi connectivity index (χ4n) is 27.4. The fourth-order valence-corrected chi connectivity index (χ4v) is 27.4. The summed E-state index contributed by atoms with van der Waals surface area (Å²) in [5.74, 6) is 0. The van der Waals surface area contributed by atoms with Crippen molar-refractivity contribution in [2.75, 3.05) is 19.6 Å². The Morgan fingerprint density at radius 2 is 0.609 bits per heavy atom. The van der Waals surface area contributed by atoms with E-state index in [4.69, 9.17) is 9.99 Å². The van der Waals surface area contributed by atoms with Gasteiger partial charge in [0.25, 0.3) is 0 Å². The normalized spacial score (nSPS) is 30.0. The maximum absolute atomic E-state index is 8.34. The summed E-state index contributed by atoms with van der Waals surface area (Å²) in [4.78, 5) is 11.4. The molecule has 0 amide bonds. The van der Waals surface area contributed by atoms with Crippen LogP contribution in [0.2, 0.25) is 0 Å². The first-order valence-electron chi connectivity index (χ1n) is 26.4. The Kier molecular flexibility index (Phi) is 1.96. The summed E-state index contributed by atoms with van der Waals surface area (Å²) in [6, 6.07) is 0. The summed E-state index contributed by atoms with van der Waals surface area (Å²) >= 11 is 0. The van der Waals surface area contributed by atoms with E-state index in [0.717, 1.165) is 32.5 Å². The van der Waals surface area contributed by atoms with Crippen molar-refractivity contribution < 1.29 is 4.84 Å². The molecule has 3 heterocycles. The van der Waals surface area contributed by atoms with Crippen LogP contribution in [0.5, 0.6) is 0 Å². The highest BCUT2D eigenvalue weighted by Crippen LogP contribution is 2.91. The van der Waals surface area contributed by atoms with E-state index in [1.165, 1.54) is 5.71 Å². The van der Waals surface area contributed by atoms with Gasteiger partial charge in [-0.1, -0.05) is 5.16 Å². The molecule has 26 aromatic rings. The number of hydrogen-bond donors (Lipinski definition) is 0. The van der Waals surface area contributed by atoms with E-state index in [9.17, 15) is 0 Å². The van der Waals surface area contributed by atoms with E-state index < -0.39 is 11.0 Å². The summed E-state index contributed by atoms with van der Waals surface area (Å²) < 4.78 is 0. The highest BCUT2D eigenvalue weighted by Gasteiger charge is 2.90. The van der Waals surface area contributed by atoms with Gasteiger partial charge in [-0.3, -0.25) is 0 Å². The zero-order valence-corrected chi connectivity index (χ0v) is 35.3. The van der Waals surface area contributed by atoms with Gasteiger partial charge in [0, 0.05) is 18.7 Å². The number of nitrogens with zero attached hydrogens (tertiary/aromatic N) is 2. The summed E-state index contributed by atoms with van der Waals surface area (Å²) in [6.07, 6.45) is 2.16. The van der Waals surface area contributed by atoms with Crippen LogP contribution >= 0.6 is 0 Å². The SMILES string of the molecule is C1CC2=NOC34c5c6c7c8c9c%10c%11c%12c(c%13c%14c%15c(c%16c5c5c%17c6c6c8c8c9c9c%11c%11c%18c%12c%14c%12c%14c%15c%15c%16c5c5c%16c%17c6c6c8c8c9c%11c9c(c%18%12)c%11c%14c%15c5c5c%16c6c8c9c%115)C2%133)C%102CN(C1)CC724. The van der Waals surface area contributed by atoms with Gasteiger partial charge in [-0.05, 0) is 317 Å². The smallest absolute Gasteiger partial charge is 0.195 e. The van der Waals surface area contributed by atoms with Crippen LogP contribution in [0, 0.1) is 0 Å². The minimum absolute atomic E-state index is 0.245. The van der Waals surface area contributed by atoms with Crippen molar-refractivity contribution in [1.82, 2.24) is 4.90 Å². The van der Waals surface area contributed by atoms with E-state index in [1.54, 1.807) is 303 Å². The first-order valence-corrected chi connectivity index (χ1v) is 26.4. The monoisotopic (exact) mass is 846 g/mol. The molecule has 2 saturated heterocycles. The van der Waals surface area contributed by atoms with Crippen LogP contribution in [0.15, 0.2) is 5.16 Å². The Bertz CT molecular complexity index is 7360. The molecule has 3 heteroatoms. The third-order valence-corrected chi connectivity index (χ3v) is 27.0. The number of hydrogen-bond acceptors (Lipinski definition) is 3. The van der Waals surface area contributed by atoms with Gasteiger partial charge in [-0.2, -0.15) is 0 Å². The number of fused-ring (bicyclic) bond motifs is 1. The van der Waals surface area contributed by atoms with Crippen LogP contribution in [-0.4, -0.2) is 30.2 Å². The molecule has 2 fully saturated rings. The molecule has 4 spiro atoms. The van der Waals surface area contributed by atoms with Gasteiger partial charge in [-0.25, -0.2) is 0 Å². The quantitative estimate of drug-likeness (QED) is 0.142. The molecule has 3 aliphatic heterocycles. The second-order valence-corrected chi connectivity index (χ2v) is 26.7. The standard InChI is InChI=1S/C66H10N2O/c1-2-6-65-59-51-43-35-25-17-10-8-7-9-11-12(10)19-23(17)36(43)44-38-27(19)26-18(11)22-16(9)24-20-13(7)15-14(8)21(25)30-32-28(15)31-29(20)39-33(24)40-34(22)41-37(26)47(38)56-58-50(41)48(40)57-49(39)54-45(31)46(32)55(52(59)42(30)35)62(65)61(54)63(57)4-68(3-1)5-64(58,63)66(65,69-67-6)60(56)53(44)51/h1-5H2. The molecule has 0 saturated carbocycles. The lowest BCUT2D eigenvalue weighted by Crippen LogP contribution is -2.72. The molecular formula is C66H10N2O. The highest BCUT2D eigenvalue weighted by atomic mass is 16.7. The van der Waals surface area contributed by atoms with Crippen LogP contribution < -0.4 is 0 Å². The average Bonchev–Trinajstić information content (AvgIpc) is 4.21. The Morgan fingerprint density at radius 3 is 1.03 bits per heavy atom. The van der Waals surface area contributed by atoms with Gasteiger partial charge in [-0.15, -0.1) is 0 Å². The number of benzene rings is 17. The first-order chi connectivity index (χ1) is 34.4. The van der Waals surface area contributed by atoms with Crippen LogP contribution in [-0.2, 0) is 26.7 Å². The Labute approximate surface area is 375 Å². The molecule has 35 rings (SSSR count). The zero-order valence-electron chi connectivity index (χ0n) is 35.3. The molecule has 26 aromatic carbocycles. The molecule has 9 aliphatic rings. The molecular weight excluding hydrogens is 837 g/mol. The largest absolute Gasteiger partial charge is 0.382 e. The van der Waals surface area contributed by atoms with Crippen LogP contribution in [0.25, 0.3) is 269 Å². The zero-order chi connectivity index (χ0) is 40.4. The van der Waals surface area contributed by atoms with Gasteiger partial charge >= 0.3 is 0 Å². The van der Waals surface area contributed by atoms with Crippen molar-refractivity contribution in [1.29, 1.82) is 0 Å². The lowest BCUT2D eigenvalue weighted by atomic mass is 9.37. The van der Waals surface area contributed by atoms with Crippen LogP contribution in [0.4, 0.5) is 0 Å². The highest BCUT2D eigenvalue weighted by molar-refractivity contribution is 6.81. The molecule has 0 aromatic heterocycles. The molecule has 6 aliphatic carbocycles.